The number of hydrogen-bond acceptors (Lipinski definition) is 4. The van der Waals surface area contributed by atoms with E-state index in [1.165, 1.54) is 31.5 Å². The summed E-state index contributed by atoms with van der Waals surface area (Å²) in [6.07, 6.45) is 9.89. The van der Waals surface area contributed by atoms with Gasteiger partial charge in [0.25, 0.3) is 0 Å². The Hall–Kier alpha value is -1.98. The van der Waals surface area contributed by atoms with Gasteiger partial charge < -0.3 is 10.2 Å². The normalized spacial score (nSPS) is 26.9. The van der Waals surface area contributed by atoms with Crippen LogP contribution in [0.2, 0.25) is 5.02 Å². The third-order valence-corrected chi connectivity index (χ3v) is 7.05. The molecule has 1 saturated heterocycles. The van der Waals surface area contributed by atoms with Crippen molar-refractivity contribution in [2.45, 2.75) is 31.7 Å². The van der Waals surface area contributed by atoms with Gasteiger partial charge in [-0.1, -0.05) is 23.8 Å². The van der Waals surface area contributed by atoms with E-state index >= 15 is 0 Å². The quantitative estimate of drug-likeness (QED) is 0.699. The van der Waals surface area contributed by atoms with Gasteiger partial charge in [-0.3, -0.25) is 0 Å². The Morgan fingerprint density at radius 2 is 1.93 bits per heavy atom. The van der Waals surface area contributed by atoms with Crippen molar-refractivity contribution in [3.8, 4) is 11.3 Å². The predicted octanol–water partition coefficient (Wildman–Crippen LogP) is 5.02. The molecule has 3 atom stereocenters. The van der Waals surface area contributed by atoms with Crippen LogP contribution in [0.25, 0.3) is 11.3 Å². The fraction of sp³-hybridized carbons (Fsp3) is 0.478. The number of benzene rings is 1. The van der Waals surface area contributed by atoms with Gasteiger partial charge in [-0.15, -0.1) is 10.2 Å². The highest BCUT2D eigenvalue weighted by molar-refractivity contribution is 6.33. The SMILES string of the molecule is Fc1ccc(Cl)c(-c2ccc(NC3CCN(CC4CC5C=CC4C5)CC3)nn2)c1. The number of nitrogens with zero attached hydrogens (tertiary/aromatic N) is 3. The monoisotopic (exact) mass is 412 g/mol. The summed E-state index contributed by atoms with van der Waals surface area (Å²) in [5.41, 5.74) is 1.14. The predicted molar refractivity (Wildman–Crippen MR) is 114 cm³/mol. The minimum Gasteiger partial charge on any atom is -0.366 e. The smallest absolute Gasteiger partial charge is 0.148 e. The van der Waals surface area contributed by atoms with Crippen molar-refractivity contribution in [3.05, 3.63) is 53.3 Å². The van der Waals surface area contributed by atoms with Crippen molar-refractivity contribution < 1.29 is 4.39 Å². The summed E-state index contributed by atoms with van der Waals surface area (Å²) in [6.45, 7) is 3.53. The van der Waals surface area contributed by atoms with Gasteiger partial charge in [-0.05, 0) is 73.8 Å². The molecule has 0 amide bonds. The number of aromatic nitrogens is 2. The molecule has 5 rings (SSSR count). The van der Waals surface area contributed by atoms with Crippen LogP contribution in [-0.2, 0) is 0 Å². The van der Waals surface area contributed by atoms with Gasteiger partial charge in [-0.25, -0.2) is 4.39 Å². The van der Waals surface area contributed by atoms with E-state index in [1.807, 2.05) is 12.1 Å². The van der Waals surface area contributed by atoms with Crippen molar-refractivity contribution in [1.29, 1.82) is 0 Å². The average Bonchev–Trinajstić information content (AvgIpc) is 3.35. The maximum atomic E-state index is 13.5. The second-order valence-corrected chi connectivity index (χ2v) is 9.09. The molecule has 1 N–H and O–H groups in total. The lowest BCUT2D eigenvalue weighted by atomic mass is 9.92. The van der Waals surface area contributed by atoms with Crippen molar-refractivity contribution >= 4 is 17.4 Å². The van der Waals surface area contributed by atoms with E-state index in [4.69, 9.17) is 11.6 Å². The molecule has 6 heteroatoms. The van der Waals surface area contributed by atoms with Crippen LogP contribution in [0.3, 0.4) is 0 Å². The summed E-state index contributed by atoms with van der Waals surface area (Å²) >= 11 is 6.16. The summed E-state index contributed by atoms with van der Waals surface area (Å²) in [7, 11) is 0. The van der Waals surface area contributed by atoms with E-state index in [-0.39, 0.29) is 5.82 Å². The fourth-order valence-corrected chi connectivity index (χ4v) is 5.37. The third-order valence-electron chi connectivity index (χ3n) is 6.72. The molecule has 1 aliphatic heterocycles. The van der Waals surface area contributed by atoms with Crippen LogP contribution in [-0.4, -0.2) is 40.8 Å². The van der Waals surface area contributed by atoms with Crippen LogP contribution < -0.4 is 5.32 Å². The Morgan fingerprint density at radius 1 is 1.07 bits per heavy atom. The number of hydrogen-bond donors (Lipinski definition) is 1. The summed E-state index contributed by atoms with van der Waals surface area (Å²) in [5.74, 6) is 2.98. The van der Waals surface area contributed by atoms with Crippen LogP contribution in [0.15, 0.2) is 42.5 Å². The van der Waals surface area contributed by atoms with E-state index in [0.717, 1.165) is 49.5 Å². The van der Waals surface area contributed by atoms with Gasteiger partial charge in [-0.2, -0.15) is 0 Å². The molecule has 1 saturated carbocycles. The molecule has 3 unspecified atom stereocenters. The number of likely N-dealkylation sites (tertiary alicyclic amines) is 1. The van der Waals surface area contributed by atoms with Crippen LogP contribution >= 0.6 is 11.6 Å². The van der Waals surface area contributed by atoms with Crippen molar-refractivity contribution in [1.82, 2.24) is 15.1 Å². The maximum Gasteiger partial charge on any atom is 0.148 e. The lowest BCUT2D eigenvalue weighted by Crippen LogP contribution is -2.42. The Morgan fingerprint density at radius 3 is 2.62 bits per heavy atom. The second kappa shape index (κ2) is 8.04. The second-order valence-electron chi connectivity index (χ2n) is 8.69. The Kier molecular flexibility index (Phi) is 5.27. The molecule has 29 heavy (non-hydrogen) atoms. The molecule has 3 aliphatic rings. The topological polar surface area (TPSA) is 41.0 Å². The van der Waals surface area contributed by atoms with E-state index in [9.17, 15) is 4.39 Å². The number of piperidine rings is 1. The largest absolute Gasteiger partial charge is 0.366 e. The molecule has 1 aromatic carbocycles. The standard InChI is InChI=1S/C23H26ClFN4/c24-21-4-3-18(25)13-20(21)22-5-6-23(28-27-22)26-19-7-9-29(10-8-19)14-17-12-15-1-2-16(17)11-15/h1-6,13,15-17,19H,7-12,14H2,(H,26,28). The average molecular weight is 413 g/mol. The number of halogens is 2. The van der Waals surface area contributed by atoms with Crippen molar-refractivity contribution in [2.24, 2.45) is 17.8 Å². The number of anilines is 1. The van der Waals surface area contributed by atoms with Gasteiger partial charge >= 0.3 is 0 Å². The minimum absolute atomic E-state index is 0.332. The van der Waals surface area contributed by atoms with Gasteiger partial charge in [0, 0.05) is 31.2 Å². The molecule has 2 aromatic rings. The number of fused-ring (bicyclic) bond motifs is 2. The minimum atomic E-state index is -0.332. The Labute approximate surface area is 176 Å². The molecular weight excluding hydrogens is 387 g/mol. The fourth-order valence-electron chi connectivity index (χ4n) is 5.15. The zero-order valence-electron chi connectivity index (χ0n) is 16.4. The number of allylic oxidation sites excluding steroid dienone is 2. The van der Waals surface area contributed by atoms with E-state index < -0.39 is 0 Å². The Bertz CT molecular complexity index is 892. The summed E-state index contributed by atoms with van der Waals surface area (Å²) in [6, 6.07) is 8.44. The van der Waals surface area contributed by atoms with Crippen LogP contribution in [0.1, 0.15) is 25.7 Å². The first kappa shape index (κ1) is 19.0. The first-order valence-electron chi connectivity index (χ1n) is 10.6. The maximum absolute atomic E-state index is 13.5. The first-order chi connectivity index (χ1) is 14.1. The highest BCUT2D eigenvalue weighted by Gasteiger charge is 2.36. The molecular formula is C23H26ClFN4. The zero-order chi connectivity index (χ0) is 19.8. The molecule has 2 fully saturated rings. The molecule has 152 valence electrons. The lowest BCUT2D eigenvalue weighted by molar-refractivity contribution is 0.177. The Balaban J connectivity index is 1.14. The molecule has 1 aromatic heterocycles. The van der Waals surface area contributed by atoms with Crippen LogP contribution in [0, 0.1) is 23.6 Å². The van der Waals surface area contributed by atoms with Gasteiger partial charge in [0.05, 0.1) is 10.7 Å². The van der Waals surface area contributed by atoms with E-state index in [2.05, 4.69) is 32.6 Å². The number of rotatable bonds is 5. The molecule has 2 aliphatic carbocycles. The van der Waals surface area contributed by atoms with Gasteiger partial charge in [0.2, 0.25) is 0 Å². The molecule has 2 heterocycles. The van der Waals surface area contributed by atoms with Crippen molar-refractivity contribution in [2.75, 3.05) is 25.0 Å². The molecule has 2 bridgehead atoms. The summed E-state index contributed by atoms with van der Waals surface area (Å²) in [4.78, 5) is 2.64. The first-order valence-corrected chi connectivity index (χ1v) is 11.0. The van der Waals surface area contributed by atoms with E-state index in [1.54, 1.807) is 6.07 Å². The van der Waals surface area contributed by atoms with Gasteiger partial charge in [0.1, 0.15) is 11.6 Å². The van der Waals surface area contributed by atoms with Crippen LogP contribution in [0.4, 0.5) is 10.2 Å². The summed E-state index contributed by atoms with van der Waals surface area (Å²) < 4.78 is 13.5. The van der Waals surface area contributed by atoms with E-state index in [0.29, 0.717) is 22.3 Å². The van der Waals surface area contributed by atoms with Crippen LogP contribution in [0.5, 0.6) is 0 Å². The van der Waals surface area contributed by atoms with Gasteiger partial charge in [0.15, 0.2) is 0 Å². The zero-order valence-corrected chi connectivity index (χ0v) is 17.2. The summed E-state index contributed by atoms with van der Waals surface area (Å²) in [5, 5.41) is 12.5. The molecule has 0 radical (unpaired) electrons. The third kappa shape index (κ3) is 4.17. The lowest BCUT2D eigenvalue weighted by Gasteiger charge is -2.35. The molecule has 4 nitrogen and oxygen atoms in total. The highest BCUT2D eigenvalue weighted by atomic mass is 35.5. The highest BCUT2D eigenvalue weighted by Crippen LogP contribution is 2.43. The number of nitrogens with one attached hydrogen (secondary N) is 1. The molecule has 0 spiro atoms. The van der Waals surface area contributed by atoms with Crippen molar-refractivity contribution in [3.63, 3.8) is 0 Å².